The zero-order valence-electron chi connectivity index (χ0n) is 12.2. The zero-order chi connectivity index (χ0) is 16.1. The molecule has 0 bridgehead atoms. The van der Waals surface area contributed by atoms with Gasteiger partial charge in [-0.25, -0.2) is 4.79 Å². The van der Waals surface area contributed by atoms with Crippen molar-refractivity contribution in [3.63, 3.8) is 0 Å². The van der Waals surface area contributed by atoms with Crippen molar-refractivity contribution >= 4 is 33.3 Å². The molecule has 5 nitrogen and oxygen atoms in total. The van der Waals surface area contributed by atoms with Gasteiger partial charge in [0.05, 0.1) is 18.4 Å². The number of nitrogens with one attached hydrogen (secondary N) is 2. The summed E-state index contributed by atoms with van der Waals surface area (Å²) in [6.45, 7) is 0.648. The van der Waals surface area contributed by atoms with E-state index in [9.17, 15) is 4.79 Å². The van der Waals surface area contributed by atoms with Gasteiger partial charge in [0.15, 0.2) is 0 Å². The summed E-state index contributed by atoms with van der Waals surface area (Å²) in [4.78, 5) is 11.9. The monoisotopic (exact) mass is 370 g/mol. The SMILES string of the molecule is O=C(Nc1ccccc1)Nc1cnn(Cc2ccc(Br)cc2)c1. The lowest BCUT2D eigenvalue weighted by Gasteiger charge is -2.05. The molecule has 2 amide bonds. The van der Waals surface area contributed by atoms with Crippen LogP contribution in [0.4, 0.5) is 16.2 Å². The standard InChI is InChI=1S/C17H15BrN4O/c18-14-8-6-13(7-9-14)11-22-12-16(10-19-22)21-17(23)20-15-4-2-1-3-5-15/h1-10,12H,11H2,(H2,20,21,23). The molecular formula is C17H15BrN4O. The molecule has 0 spiro atoms. The van der Waals surface area contributed by atoms with Crippen LogP contribution in [0.5, 0.6) is 0 Å². The third-order valence-electron chi connectivity index (χ3n) is 3.18. The van der Waals surface area contributed by atoms with Crippen LogP contribution in [0.15, 0.2) is 71.5 Å². The first-order valence-corrected chi connectivity index (χ1v) is 7.88. The van der Waals surface area contributed by atoms with Crippen molar-refractivity contribution in [3.8, 4) is 0 Å². The Labute approximate surface area is 142 Å². The second kappa shape index (κ2) is 7.11. The van der Waals surface area contributed by atoms with E-state index in [1.54, 1.807) is 17.1 Å². The number of carbonyl (C=O) groups excluding carboxylic acids is 1. The normalized spacial score (nSPS) is 10.3. The van der Waals surface area contributed by atoms with Crippen molar-refractivity contribution in [2.75, 3.05) is 10.6 Å². The van der Waals surface area contributed by atoms with E-state index in [-0.39, 0.29) is 6.03 Å². The highest BCUT2D eigenvalue weighted by Crippen LogP contribution is 2.13. The minimum Gasteiger partial charge on any atom is -0.308 e. The third kappa shape index (κ3) is 4.43. The van der Waals surface area contributed by atoms with Crippen molar-refractivity contribution in [2.24, 2.45) is 0 Å². The van der Waals surface area contributed by atoms with E-state index in [1.165, 1.54) is 0 Å². The number of rotatable bonds is 4. The minimum absolute atomic E-state index is 0.292. The molecule has 0 aliphatic carbocycles. The van der Waals surface area contributed by atoms with Crippen LogP contribution in [-0.2, 0) is 6.54 Å². The molecule has 1 heterocycles. The van der Waals surface area contributed by atoms with Gasteiger partial charge in [-0.2, -0.15) is 5.10 Å². The van der Waals surface area contributed by atoms with Crippen LogP contribution in [0.3, 0.4) is 0 Å². The Hall–Kier alpha value is -2.60. The topological polar surface area (TPSA) is 59.0 Å². The fourth-order valence-corrected chi connectivity index (χ4v) is 2.37. The molecule has 23 heavy (non-hydrogen) atoms. The molecule has 0 atom stereocenters. The summed E-state index contributed by atoms with van der Waals surface area (Å²) in [6.07, 6.45) is 3.43. The van der Waals surface area contributed by atoms with E-state index in [2.05, 4.69) is 31.7 Å². The largest absolute Gasteiger partial charge is 0.323 e. The summed E-state index contributed by atoms with van der Waals surface area (Å²) in [5.74, 6) is 0. The van der Waals surface area contributed by atoms with Crippen LogP contribution >= 0.6 is 15.9 Å². The first-order chi connectivity index (χ1) is 11.2. The fourth-order valence-electron chi connectivity index (χ4n) is 2.11. The van der Waals surface area contributed by atoms with Crippen LogP contribution in [0, 0.1) is 0 Å². The number of nitrogens with zero attached hydrogens (tertiary/aromatic N) is 2. The molecule has 1 aromatic heterocycles. The Kier molecular flexibility index (Phi) is 4.73. The maximum atomic E-state index is 11.9. The van der Waals surface area contributed by atoms with E-state index in [0.29, 0.717) is 12.2 Å². The molecule has 3 aromatic rings. The van der Waals surface area contributed by atoms with E-state index < -0.39 is 0 Å². The van der Waals surface area contributed by atoms with Gasteiger partial charge >= 0.3 is 6.03 Å². The molecule has 0 saturated carbocycles. The molecule has 6 heteroatoms. The first-order valence-electron chi connectivity index (χ1n) is 7.09. The van der Waals surface area contributed by atoms with Crippen molar-refractivity contribution in [2.45, 2.75) is 6.54 Å². The quantitative estimate of drug-likeness (QED) is 0.717. The highest BCUT2D eigenvalue weighted by atomic mass is 79.9. The van der Waals surface area contributed by atoms with E-state index >= 15 is 0 Å². The first kappa shape index (κ1) is 15.3. The predicted molar refractivity (Wildman–Crippen MR) is 94.6 cm³/mol. The lowest BCUT2D eigenvalue weighted by atomic mass is 10.2. The van der Waals surface area contributed by atoms with Gasteiger partial charge in [0, 0.05) is 16.4 Å². The molecule has 0 fully saturated rings. The molecule has 2 N–H and O–H groups in total. The number of benzene rings is 2. The van der Waals surface area contributed by atoms with Crippen molar-refractivity contribution < 1.29 is 4.79 Å². The molecule has 2 aromatic carbocycles. The smallest absolute Gasteiger partial charge is 0.308 e. The maximum Gasteiger partial charge on any atom is 0.323 e. The Bertz CT molecular complexity index is 784. The van der Waals surface area contributed by atoms with Crippen molar-refractivity contribution in [1.82, 2.24) is 9.78 Å². The summed E-state index contributed by atoms with van der Waals surface area (Å²) in [6, 6.07) is 17.0. The van der Waals surface area contributed by atoms with Gasteiger partial charge in [-0.3, -0.25) is 4.68 Å². The fraction of sp³-hybridized carbons (Fsp3) is 0.0588. The number of amides is 2. The van der Waals surface area contributed by atoms with Crippen LogP contribution in [0.25, 0.3) is 0 Å². The lowest BCUT2D eigenvalue weighted by molar-refractivity contribution is 0.262. The number of anilines is 2. The Morgan fingerprint density at radius 2 is 1.70 bits per heavy atom. The van der Waals surface area contributed by atoms with Gasteiger partial charge in [-0.1, -0.05) is 46.3 Å². The predicted octanol–water partition coefficient (Wildman–Crippen LogP) is 4.34. The number of hydrogen-bond acceptors (Lipinski definition) is 2. The lowest BCUT2D eigenvalue weighted by Crippen LogP contribution is -2.19. The number of hydrogen-bond donors (Lipinski definition) is 2. The van der Waals surface area contributed by atoms with Crippen LogP contribution in [0.2, 0.25) is 0 Å². The minimum atomic E-state index is -0.292. The van der Waals surface area contributed by atoms with E-state index in [4.69, 9.17) is 0 Å². The number of carbonyl (C=O) groups is 1. The summed E-state index contributed by atoms with van der Waals surface area (Å²) in [5, 5.41) is 9.78. The van der Waals surface area contributed by atoms with Gasteiger partial charge in [0.2, 0.25) is 0 Å². The molecule has 0 aliphatic rings. The second-order valence-electron chi connectivity index (χ2n) is 5.00. The Morgan fingerprint density at radius 1 is 1.00 bits per heavy atom. The highest BCUT2D eigenvalue weighted by Gasteiger charge is 2.05. The van der Waals surface area contributed by atoms with Crippen LogP contribution in [-0.4, -0.2) is 15.8 Å². The Balaban J connectivity index is 1.58. The van der Waals surface area contributed by atoms with Gasteiger partial charge in [0.1, 0.15) is 0 Å². The van der Waals surface area contributed by atoms with E-state index in [1.807, 2.05) is 54.6 Å². The average molecular weight is 371 g/mol. The number of aromatic nitrogens is 2. The molecule has 116 valence electrons. The molecule has 0 unspecified atom stereocenters. The number of urea groups is 1. The molecule has 3 rings (SSSR count). The maximum absolute atomic E-state index is 11.9. The number of para-hydroxylation sites is 1. The molecule has 0 saturated heterocycles. The summed E-state index contributed by atoms with van der Waals surface area (Å²) in [7, 11) is 0. The van der Waals surface area contributed by atoms with Gasteiger partial charge in [-0.05, 0) is 29.8 Å². The van der Waals surface area contributed by atoms with Gasteiger partial charge in [0.25, 0.3) is 0 Å². The molecule has 0 aliphatic heterocycles. The van der Waals surface area contributed by atoms with Crippen molar-refractivity contribution in [1.29, 1.82) is 0 Å². The second-order valence-corrected chi connectivity index (χ2v) is 5.91. The number of halogens is 1. The Morgan fingerprint density at radius 3 is 2.43 bits per heavy atom. The average Bonchev–Trinajstić information content (AvgIpc) is 2.97. The summed E-state index contributed by atoms with van der Waals surface area (Å²) < 4.78 is 2.82. The summed E-state index contributed by atoms with van der Waals surface area (Å²) >= 11 is 3.41. The summed E-state index contributed by atoms with van der Waals surface area (Å²) in [5.41, 5.74) is 2.53. The van der Waals surface area contributed by atoms with Crippen molar-refractivity contribution in [3.05, 3.63) is 77.0 Å². The van der Waals surface area contributed by atoms with Crippen LogP contribution in [0.1, 0.15) is 5.56 Å². The zero-order valence-corrected chi connectivity index (χ0v) is 13.8. The van der Waals surface area contributed by atoms with Gasteiger partial charge in [-0.15, -0.1) is 0 Å². The van der Waals surface area contributed by atoms with E-state index in [0.717, 1.165) is 15.7 Å². The molecule has 0 radical (unpaired) electrons. The highest BCUT2D eigenvalue weighted by molar-refractivity contribution is 9.10. The third-order valence-corrected chi connectivity index (χ3v) is 3.71. The molecular weight excluding hydrogens is 356 g/mol. The van der Waals surface area contributed by atoms with Gasteiger partial charge < -0.3 is 10.6 Å². The van der Waals surface area contributed by atoms with Crippen LogP contribution < -0.4 is 10.6 Å².